The zero-order chi connectivity index (χ0) is 11.5. The van der Waals surface area contributed by atoms with E-state index in [2.05, 4.69) is 34.2 Å². The quantitative estimate of drug-likeness (QED) is 0.823. The lowest BCUT2D eigenvalue weighted by Crippen LogP contribution is -2.53. The Morgan fingerprint density at radius 2 is 2.06 bits per heavy atom. The summed E-state index contributed by atoms with van der Waals surface area (Å²) in [5, 5.41) is 7.41. The number of hydrogen-bond acceptors (Lipinski definition) is 5. The second kappa shape index (κ2) is 4.93. The van der Waals surface area contributed by atoms with Crippen molar-refractivity contribution in [2.75, 3.05) is 13.1 Å². The highest BCUT2D eigenvalue weighted by molar-refractivity contribution is 4.88. The van der Waals surface area contributed by atoms with Gasteiger partial charge in [-0.15, -0.1) is 0 Å². The third-order valence-corrected chi connectivity index (χ3v) is 2.82. The molecule has 0 saturated carbocycles. The lowest BCUT2D eigenvalue weighted by atomic mass is 10.1. The molecule has 5 nitrogen and oxygen atoms in total. The largest absolute Gasteiger partial charge is 0.338 e. The summed E-state index contributed by atoms with van der Waals surface area (Å²) in [6.07, 6.45) is 0.831. The molecule has 5 heteroatoms. The monoisotopic (exact) mass is 224 g/mol. The molecule has 0 bridgehead atoms. The Labute approximate surface area is 96.2 Å². The first-order valence-corrected chi connectivity index (χ1v) is 5.97. The van der Waals surface area contributed by atoms with Crippen LogP contribution >= 0.6 is 0 Å². The molecular formula is C11H20N4O. The fourth-order valence-electron chi connectivity index (χ4n) is 2.26. The Kier molecular flexibility index (Phi) is 3.56. The molecule has 2 atom stereocenters. The van der Waals surface area contributed by atoms with Crippen molar-refractivity contribution in [3.05, 3.63) is 11.7 Å². The topological polar surface area (TPSA) is 54.2 Å². The van der Waals surface area contributed by atoms with Gasteiger partial charge in [0.15, 0.2) is 5.82 Å². The van der Waals surface area contributed by atoms with Gasteiger partial charge in [-0.05, 0) is 13.8 Å². The highest BCUT2D eigenvalue weighted by Gasteiger charge is 2.22. The van der Waals surface area contributed by atoms with Gasteiger partial charge in [-0.25, -0.2) is 0 Å². The molecule has 1 aliphatic rings. The first-order valence-electron chi connectivity index (χ1n) is 5.97. The van der Waals surface area contributed by atoms with Crippen LogP contribution in [0.15, 0.2) is 4.52 Å². The Bertz CT molecular complexity index is 328. The normalized spacial score (nSPS) is 27.2. The van der Waals surface area contributed by atoms with Gasteiger partial charge in [-0.2, -0.15) is 4.98 Å². The van der Waals surface area contributed by atoms with Crippen LogP contribution in [-0.2, 0) is 13.0 Å². The van der Waals surface area contributed by atoms with Crippen molar-refractivity contribution in [3.63, 3.8) is 0 Å². The number of nitrogens with one attached hydrogen (secondary N) is 1. The molecule has 1 saturated heterocycles. The third kappa shape index (κ3) is 2.80. The van der Waals surface area contributed by atoms with E-state index in [0.717, 1.165) is 37.8 Å². The van der Waals surface area contributed by atoms with E-state index in [1.165, 1.54) is 0 Å². The molecule has 1 aliphatic heterocycles. The van der Waals surface area contributed by atoms with E-state index < -0.39 is 0 Å². The molecule has 1 fully saturated rings. The van der Waals surface area contributed by atoms with Crippen LogP contribution in [0.3, 0.4) is 0 Å². The second-order valence-corrected chi connectivity index (χ2v) is 4.62. The van der Waals surface area contributed by atoms with E-state index in [-0.39, 0.29) is 0 Å². The van der Waals surface area contributed by atoms with Crippen LogP contribution in [0, 0.1) is 0 Å². The average molecular weight is 224 g/mol. The molecule has 0 aliphatic carbocycles. The third-order valence-electron chi connectivity index (χ3n) is 2.82. The van der Waals surface area contributed by atoms with Crippen molar-refractivity contribution in [2.45, 2.75) is 45.8 Å². The molecule has 1 N–H and O–H groups in total. The maximum atomic E-state index is 5.21. The zero-order valence-electron chi connectivity index (χ0n) is 10.2. The first-order chi connectivity index (χ1) is 7.67. The molecule has 2 unspecified atom stereocenters. The van der Waals surface area contributed by atoms with Crippen LogP contribution in [-0.4, -0.2) is 40.2 Å². The van der Waals surface area contributed by atoms with Gasteiger partial charge in [-0.1, -0.05) is 12.1 Å². The zero-order valence-corrected chi connectivity index (χ0v) is 10.2. The lowest BCUT2D eigenvalue weighted by molar-refractivity contribution is 0.149. The van der Waals surface area contributed by atoms with Crippen LogP contribution in [0.1, 0.15) is 32.5 Å². The summed E-state index contributed by atoms with van der Waals surface area (Å²) >= 11 is 0. The molecule has 2 heterocycles. The predicted molar refractivity (Wildman–Crippen MR) is 61.0 cm³/mol. The highest BCUT2D eigenvalue weighted by atomic mass is 16.5. The van der Waals surface area contributed by atoms with Crippen LogP contribution in [0.2, 0.25) is 0 Å². The van der Waals surface area contributed by atoms with Gasteiger partial charge in [0.05, 0.1) is 6.54 Å². The minimum Gasteiger partial charge on any atom is -0.338 e. The number of aromatic nitrogens is 2. The standard InChI is InChI=1S/C11H20N4O/c1-4-10-13-11(16-14-10)7-15-5-8(2)12-9(3)6-15/h8-9,12H,4-7H2,1-3H3. The Morgan fingerprint density at radius 1 is 1.38 bits per heavy atom. The fraction of sp³-hybridized carbons (Fsp3) is 0.818. The maximum Gasteiger partial charge on any atom is 0.240 e. The summed E-state index contributed by atoms with van der Waals surface area (Å²) in [7, 11) is 0. The minimum absolute atomic E-state index is 0.525. The molecule has 1 aromatic heterocycles. The van der Waals surface area contributed by atoms with Gasteiger partial charge in [0.2, 0.25) is 5.89 Å². The summed E-state index contributed by atoms with van der Waals surface area (Å²) in [6.45, 7) is 9.28. The number of aryl methyl sites for hydroxylation is 1. The van der Waals surface area contributed by atoms with Crippen molar-refractivity contribution in [2.24, 2.45) is 0 Å². The minimum atomic E-state index is 0.525. The SMILES string of the molecule is CCc1noc(CN2CC(C)NC(C)C2)n1. The smallest absolute Gasteiger partial charge is 0.240 e. The molecule has 90 valence electrons. The van der Waals surface area contributed by atoms with E-state index in [0.29, 0.717) is 12.1 Å². The van der Waals surface area contributed by atoms with Crippen molar-refractivity contribution in [1.29, 1.82) is 0 Å². The van der Waals surface area contributed by atoms with Crippen molar-refractivity contribution >= 4 is 0 Å². The van der Waals surface area contributed by atoms with Crippen molar-refractivity contribution < 1.29 is 4.52 Å². The number of rotatable bonds is 3. The van der Waals surface area contributed by atoms with Crippen LogP contribution in [0.5, 0.6) is 0 Å². The average Bonchev–Trinajstić information content (AvgIpc) is 2.64. The molecular weight excluding hydrogens is 204 g/mol. The highest BCUT2D eigenvalue weighted by Crippen LogP contribution is 2.09. The summed E-state index contributed by atoms with van der Waals surface area (Å²) < 4.78 is 5.21. The maximum absolute atomic E-state index is 5.21. The van der Waals surface area contributed by atoms with E-state index in [9.17, 15) is 0 Å². The van der Waals surface area contributed by atoms with Gasteiger partial charge < -0.3 is 9.84 Å². The summed E-state index contributed by atoms with van der Waals surface area (Å²) in [5.74, 6) is 1.53. The van der Waals surface area contributed by atoms with Crippen molar-refractivity contribution in [3.8, 4) is 0 Å². The summed E-state index contributed by atoms with van der Waals surface area (Å²) in [6, 6.07) is 1.05. The summed E-state index contributed by atoms with van der Waals surface area (Å²) in [4.78, 5) is 6.69. The molecule has 0 radical (unpaired) electrons. The van der Waals surface area contributed by atoms with E-state index in [1.54, 1.807) is 0 Å². The van der Waals surface area contributed by atoms with Crippen LogP contribution in [0.4, 0.5) is 0 Å². The number of nitrogens with zero attached hydrogens (tertiary/aromatic N) is 3. The van der Waals surface area contributed by atoms with Crippen molar-refractivity contribution in [1.82, 2.24) is 20.4 Å². The van der Waals surface area contributed by atoms with Crippen LogP contribution < -0.4 is 5.32 Å². The van der Waals surface area contributed by atoms with Gasteiger partial charge in [-0.3, -0.25) is 4.90 Å². The first kappa shape index (κ1) is 11.5. The van der Waals surface area contributed by atoms with E-state index >= 15 is 0 Å². The molecule has 0 spiro atoms. The molecule has 0 amide bonds. The Hall–Kier alpha value is -0.940. The predicted octanol–water partition coefficient (Wildman–Crippen LogP) is 0.814. The Balaban J connectivity index is 1.93. The molecule has 16 heavy (non-hydrogen) atoms. The summed E-state index contributed by atoms with van der Waals surface area (Å²) in [5.41, 5.74) is 0. The van der Waals surface area contributed by atoms with E-state index in [4.69, 9.17) is 4.52 Å². The van der Waals surface area contributed by atoms with Gasteiger partial charge in [0.25, 0.3) is 0 Å². The van der Waals surface area contributed by atoms with E-state index in [1.807, 2.05) is 6.92 Å². The fourth-order valence-corrected chi connectivity index (χ4v) is 2.26. The van der Waals surface area contributed by atoms with Gasteiger partial charge in [0.1, 0.15) is 0 Å². The lowest BCUT2D eigenvalue weighted by Gasteiger charge is -2.35. The molecule has 1 aromatic rings. The Morgan fingerprint density at radius 3 is 2.62 bits per heavy atom. The van der Waals surface area contributed by atoms with Crippen LogP contribution in [0.25, 0.3) is 0 Å². The molecule has 2 rings (SSSR count). The second-order valence-electron chi connectivity index (χ2n) is 4.62. The number of hydrogen-bond donors (Lipinski definition) is 1. The van der Waals surface area contributed by atoms with Gasteiger partial charge in [0, 0.05) is 31.6 Å². The van der Waals surface area contributed by atoms with Gasteiger partial charge >= 0.3 is 0 Å². The number of piperazine rings is 1. The molecule has 0 aromatic carbocycles.